The molecule has 0 saturated carbocycles. The van der Waals surface area contributed by atoms with Crippen LogP contribution < -0.4 is 34.7 Å². The van der Waals surface area contributed by atoms with E-state index in [2.05, 4.69) is 13.8 Å². The van der Waals surface area contributed by atoms with E-state index in [-0.39, 0.29) is 42.4 Å². The number of carbonyl (C=O) groups is 2. The minimum absolute atomic E-state index is 0. The zero-order chi connectivity index (χ0) is 14.7. The summed E-state index contributed by atoms with van der Waals surface area (Å²) in [5.74, 6) is -1.42. The molecule has 0 saturated heterocycles. The van der Waals surface area contributed by atoms with E-state index in [9.17, 15) is 14.7 Å². The Bertz CT molecular complexity index is 256. The number of carboxylic acids is 2. The average Bonchev–Trinajstić information content (AvgIpc) is 2.36. The molecule has 0 bridgehead atoms. The third-order valence-electron chi connectivity index (χ3n) is 3.33. The second-order valence-corrected chi connectivity index (χ2v) is 4.98. The van der Waals surface area contributed by atoms with Gasteiger partial charge in [-0.3, -0.25) is 4.79 Å². The second-order valence-electron chi connectivity index (χ2n) is 4.98. The average molecular weight is 295 g/mol. The standard InChI is InChI=1S/C14H27NO4.Na/c1-3-5-6-12(4-2)11-15(9-7-13(16)17)10-8-14(18)19;/h12H,3-11H2,1-2H3,(H,16,17)(H,18,19);/q;+1/p-1. The fraction of sp³-hybridized carbons (Fsp3) is 0.857. The molecule has 20 heavy (non-hydrogen) atoms. The molecule has 0 aromatic carbocycles. The molecule has 1 unspecified atom stereocenters. The molecule has 112 valence electrons. The van der Waals surface area contributed by atoms with Crippen molar-refractivity contribution in [3.8, 4) is 0 Å². The Hall–Kier alpha value is -0.100. The van der Waals surface area contributed by atoms with Crippen LogP contribution in [0.4, 0.5) is 0 Å². The van der Waals surface area contributed by atoms with Crippen LogP contribution in [-0.4, -0.2) is 41.6 Å². The van der Waals surface area contributed by atoms with E-state index < -0.39 is 11.9 Å². The fourth-order valence-electron chi connectivity index (χ4n) is 2.08. The molecule has 0 aliphatic carbocycles. The normalized spacial score (nSPS) is 11.9. The van der Waals surface area contributed by atoms with E-state index in [0.717, 1.165) is 32.2 Å². The van der Waals surface area contributed by atoms with Crippen LogP contribution in [0.25, 0.3) is 0 Å². The molecule has 0 rings (SSSR count). The van der Waals surface area contributed by atoms with Crippen molar-refractivity contribution in [1.29, 1.82) is 0 Å². The first-order valence-corrected chi connectivity index (χ1v) is 7.13. The van der Waals surface area contributed by atoms with Crippen molar-refractivity contribution in [3.63, 3.8) is 0 Å². The van der Waals surface area contributed by atoms with Crippen molar-refractivity contribution >= 4 is 11.9 Å². The first kappa shape index (κ1) is 22.2. The van der Waals surface area contributed by atoms with Gasteiger partial charge in [-0.25, -0.2) is 0 Å². The fourth-order valence-corrected chi connectivity index (χ4v) is 2.08. The predicted octanol–water partition coefficient (Wildman–Crippen LogP) is -1.88. The van der Waals surface area contributed by atoms with Crippen LogP contribution in [0, 0.1) is 5.92 Å². The Kier molecular flexibility index (Phi) is 15.4. The van der Waals surface area contributed by atoms with Gasteiger partial charge in [-0.1, -0.05) is 33.1 Å². The second kappa shape index (κ2) is 13.9. The number of rotatable bonds is 12. The van der Waals surface area contributed by atoms with Gasteiger partial charge in [0, 0.05) is 25.6 Å². The van der Waals surface area contributed by atoms with Crippen LogP contribution in [0.1, 0.15) is 52.4 Å². The quantitative estimate of drug-likeness (QED) is 0.426. The van der Waals surface area contributed by atoms with E-state index in [4.69, 9.17) is 5.11 Å². The van der Waals surface area contributed by atoms with Crippen LogP contribution in [0.15, 0.2) is 0 Å². The minimum Gasteiger partial charge on any atom is -0.550 e. The Labute approximate surface area is 144 Å². The summed E-state index contributed by atoms with van der Waals surface area (Å²) in [5, 5.41) is 19.2. The monoisotopic (exact) mass is 295 g/mol. The van der Waals surface area contributed by atoms with Crippen LogP contribution in [0.2, 0.25) is 0 Å². The van der Waals surface area contributed by atoms with Crippen molar-refractivity contribution in [2.75, 3.05) is 19.6 Å². The molecule has 0 aliphatic heterocycles. The van der Waals surface area contributed by atoms with Crippen molar-refractivity contribution in [2.24, 2.45) is 5.92 Å². The van der Waals surface area contributed by atoms with Crippen LogP contribution in [0.3, 0.4) is 0 Å². The molecule has 0 radical (unpaired) electrons. The van der Waals surface area contributed by atoms with E-state index in [1.54, 1.807) is 0 Å². The summed E-state index contributed by atoms with van der Waals surface area (Å²) in [6.07, 6.45) is 4.47. The molecule has 0 spiro atoms. The third kappa shape index (κ3) is 12.9. The number of hydrogen-bond acceptors (Lipinski definition) is 4. The van der Waals surface area contributed by atoms with Gasteiger partial charge in [0.05, 0.1) is 6.42 Å². The summed E-state index contributed by atoms with van der Waals surface area (Å²) < 4.78 is 0. The largest absolute Gasteiger partial charge is 1.00 e. The van der Waals surface area contributed by atoms with E-state index in [1.165, 1.54) is 0 Å². The maximum absolute atomic E-state index is 10.6. The minimum atomic E-state index is -1.08. The Morgan fingerprint density at radius 1 is 1.20 bits per heavy atom. The molecule has 6 heteroatoms. The van der Waals surface area contributed by atoms with Gasteiger partial charge in [-0.05, 0) is 18.8 Å². The molecule has 0 fully saturated rings. The molecule has 5 nitrogen and oxygen atoms in total. The maximum atomic E-state index is 10.6. The summed E-state index contributed by atoms with van der Waals surface area (Å²) in [6.45, 7) is 5.82. The third-order valence-corrected chi connectivity index (χ3v) is 3.33. The Morgan fingerprint density at radius 2 is 1.80 bits per heavy atom. The smallest absolute Gasteiger partial charge is 0.550 e. The van der Waals surface area contributed by atoms with E-state index in [0.29, 0.717) is 19.0 Å². The number of aliphatic carboxylic acids is 2. The molecule has 0 aromatic rings. The molecule has 0 aromatic heterocycles. The van der Waals surface area contributed by atoms with Crippen molar-refractivity contribution in [2.45, 2.75) is 52.4 Å². The van der Waals surface area contributed by atoms with Crippen LogP contribution >= 0.6 is 0 Å². The molecular weight excluding hydrogens is 269 g/mol. The Morgan fingerprint density at radius 3 is 2.25 bits per heavy atom. The molecule has 0 heterocycles. The van der Waals surface area contributed by atoms with Gasteiger partial charge in [0.2, 0.25) is 0 Å². The number of nitrogens with zero attached hydrogens (tertiary/aromatic N) is 1. The molecule has 0 aliphatic rings. The van der Waals surface area contributed by atoms with E-state index in [1.807, 2.05) is 4.90 Å². The van der Waals surface area contributed by atoms with Gasteiger partial charge in [0.15, 0.2) is 0 Å². The van der Waals surface area contributed by atoms with Gasteiger partial charge in [0.25, 0.3) is 0 Å². The van der Waals surface area contributed by atoms with Crippen molar-refractivity contribution in [1.82, 2.24) is 4.90 Å². The van der Waals surface area contributed by atoms with Gasteiger partial charge >= 0.3 is 35.5 Å². The SMILES string of the molecule is CCCCC(CC)CN(CCC(=O)[O-])CCC(=O)O.[Na+]. The zero-order valence-corrected chi connectivity index (χ0v) is 15.1. The molecule has 0 amide bonds. The van der Waals surface area contributed by atoms with E-state index >= 15 is 0 Å². The summed E-state index contributed by atoms with van der Waals surface area (Å²) >= 11 is 0. The zero-order valence-electron chi connectivity index (χ0n) is 13.1. The first-order valence-electron chi connectivity index (χ1n) is 7.13. The first-order chi connectivity index (χ1) is 8.99. The summed E-state index contributed by atoms with van der Waals surface area (Å²) in [4.78, 5) is 23.1. The summed E-state index contributed by atoms with van der Waals surface area (Å²) in [6, 6.07) is 0. The number of carbonyl (C=O) groups excluding carboxylic acids is 1. The van der Waals surface area contributed by atoms with Gasteiger partial charge in [0.1, 0.15) is 0 Å². The van der Waals surface area contributed by atoms with Gasteiger partial charge < -0.3 is 19.9 Å². The van der Waals surface area contributed by atoms with Crippen molar-refractivity contribution in [3.05, 3.63) is 0 Å². The molecule has 1 atom stereocenters. The van der Waals surface area contributed by atoms with Crippen LogP contribution in [0.5, 0.6) is 0 Å². The molecular formula is C14H26NNaO4. The van der Waals surface area contributed by atoms with Gasteiger partial charge in [-0.15, -0.1) is 0 Å². The maximum Gasteiger partial charge on any atom is 1.00 e. The Balaban J connectivity index is 0. The summed E-state index contributed by atoms with van der Waals surface area (Å²) in [5.41, 5.74) is 0. The van der Waals surface area contributed by atoms with Crippen molar-refractivity contribution < 1.29 is 49.4 Å². The predicted molar refractivity (Wildman–Crippen MR) is 71.6 cm³/mol. The number of unbranched alkanes of at least 4 members (excludes halogenated alkanes) is 1. The summed E-state index contributed by atoms with van der Waals surface area (Å²) in [7, 11) is 0. The van der Waals surface area contributed by atoms with Gasteiger partial charge in [-0.2, -0.15) is 0 Å². The number of hydrogen-bond donors (Lipinski definition) is 1. The van der Waals surface area contributed by atoms with Crippen LogP contribution in [-0.2, 0) is 9.59 Å². The number of carboxylic acid groups (broad SMARTS) is 2. The topological polar surface area (TPSA) is 80.7 Å². The molecule has 1 N–H and O–H groups in total.